The summed E-state index contributed by atoms with van der Waals surface area (Å²) in [6, 6.07) is 6.57. The lowest BCUT2D eigenvalue weighted by Crippen LogP contribution is -2.46. The minimum absolute atomic E-state index is 0.00631. The van der Waals surface area contributed by atoms with Crippen molar-refractivity contribution in [3.8, 4) is 0 Å². The predicted octanol–water partition coefficient (Wildman–Crippen LogP) is 4.92. The standard InChI is InChI=1S/C25H19ClF4N4O3/c1-32-12-16(24(36)37)23(35)19-15-10-17(20(26)21(27)22(15)31-11-18(19)32)34-7-5-33(6-8-34)14-4-2-3-13(9-14)25(28,29)30/h2-4,9-12H,5-8H2,1H3,(H,36,37). The fraction of sp³-hybridized carbons (Fsp3) is 0.240. The van der Waals surface area contributed by atoms with Gasteiger partial charge in [0.1, 0.15) is 16.1 Å². The van der Waals surface area contributed by atoms with Gasteiger partial charge >= 0.3 is 12.1 Å². The molecule has 192 valence electrons. The minimum atomic E-state index is -4.46. The number of benzene rings is 2. The average Bonchev–Trinajstić information content (AvgIpc) is 2.87. The second-order valence-electron chi connectivity index (χ2n) is 8.75. The van der Waals surface area contributed by atoms with Gasteiger partial charge in [0.15, 0.2) is 5.82 Å². The number of nitrogens with zero attached hydrogens (tertiary/aromatic N) is 4. The molecular formula is C25H19ClF4N4O3. The maximum atomic E-state index is 15.4. The van der Waals surface area contributed by atoms with Crippen LogP contribution in [-0.2, 0) is 13.2 Å². The van der Waals surface area contributed by atoms with E-state index in [0.717, 1.165) is 12.1 Å². The van der Waals surface area contributed by atoms with Crippen molar-refractivity contribution in [2.24, 2.45) is 7.05 Å². The fourth-order valence-corrected chi connectivity index (χ4v) is 4.94. The molecule has 0 unspecified atom stereocenters. The SMILES string of the molecule is Cn1cc(C(=O)O)c(=O)c2c3cc(N4CCN(c5cccc(C(F)(F)F)c5)CC4)c(Cl)c(F)c3ncc21. The van der Waals surface area contributed by atoms with Crippen LogP contribution in [0.15, 0.2) is 47.5 Å². The first kappa shape index (κ1) is 24.8. The number of aryl methyl sites for hydroxylation is 1. The van der Waals surface area contributed by atoms with Crippen molar-refractivity contribution in [3.63, 3.8) is 0 Å². The van der Waals surface area contributed by atoms with E-state index in [0.29, 0.717) is 37.4 Å². The van der Waals surface area contributed by atoms with Crippen LogP contribution >= 0.6 is 11.6 Å². The number of hydrogen-bond acceptors (Lipinski definition) is 5. The number of carboxylic acids is 1. The van der Waals surface area contributed by atoms with Crippen LogP contribution in [0, 0.1) is 5.82 Å². The van der Waals surface area contributed by atoms with Crippen LogP contribution in [0.4, 0.5) is 28.9 Å². The van der Waals surface area contributed by atoms with Gasteiger partial charge in [-0.25, -0.2) is 9.18 Å². The first-order valence-corrected chi connectivity index (χ1v) is 11.6. The first-order valence-electron chi connectivity index (χ1n) is 11.2. The molecule has 0 spiro atoms. The summed E-state index contributed by atoms with van der Waals surface area (Å²) in [5.41, 5.74) is -1.11. The molecule has 0 radical (unpaired) electrons. The van der Waals surface area contributed by atoms with E-state index in [2.05, 4.69) is 4.98 Å². The zero-order valence-corrected chi connectivity index (χ0v) is 20.1. The Morgan fingerprint density at radius 3 is 2.43 bits per heavy atom. The quantitative estimate of drug-likeness (QED) is 0.297. The Morgan fingerprint density at radius 2 is 1.78 bits per heavy atom. The van der Waals surface area contributed by atoms with Gasteiger partial charge in [0.2, 0.25) is 5.43 Å². The summed E-state index contributed by atoms with van der Waals surface area (Å²) in [5.74, 6) is -2.26. The average molecular weight is 535 g/mol. The zero-order chi connectivity index (χ0) is 26.6. The number of carboxylic acid groups (broad SMARTS) is 1. The molecule has 1 fully saturated rings. The summed E-state index contributed by atoms with van der Waals surface area (Å²) < 4.78 is 56.2. The number of pyridine rings is 2. The predicted molar refractivity (Wildman–Crippen MR) is 132 cm³/mol. The lowest BCUT2D eigenvalue weighted by molar-refractivity contribution is -0.137. The third-order valence-electron chi connectivity index (χ3n) is 6.57. The fourth-order valence-electron chi connectivity index (χ4n) is 4.68. The second-order valence-corrected chi connectivity index (χ2v) is 9.13. The largest absolute Gasteiger partial charge is 0.477 e. The molecule has 1 saturated heterocycles. The highest BCUT2D eigenvalue weighted by Gasteiger charge is 2.31. The number of aromatic nitrogens is 2. The number of fused-ring (bicyclic) bond motifs is 3. The highest BCUT2D eigenvalue weighted by atomic mass is 35.5. The number of carbonyl (C=O) groups is 1. The number of alkyl halides is 3. The highest BCUT2D eigenvalue weighted by molar-refractivity contribution is 6.34. The van der Waals surface area contributed by atoms with Crippen molar-refractivity contribution in [1.82, 2.24) is 9.55 Å². The Hall–Kier alpha value is -3.86. The molecule has 0 aliphatic carbocycles. The van der Waals surface area contributed by atoms with E-state index in [1.807, 2.05) is 0 Å². The molecular weight excluding hydrogens is 516 g/mol. The van der Waals surface area contributed by atoms with Crippen molar-refractivity contribution in [2.45, 2.75) is 6.18 Å². The Balaban J connectivity index is 1.55. The number of rotatable bonds is 3. The van der Waals surface area contributed by atoms with Crippen molar-refractivity contribution in [3.05, 3.63) is 74.9 Å². The number of aromatic carboxylic acids is 1. The Bertz CT molecular complexity index is 1630. The summed E-state index contributed by atoms with van der Waals surface area (Å²) >= 11 is 6.36. The summed E-state index contributed by atoms with van der Waals surface area (Å²) in [6.07, 6.45) is -1.99. The summed E-state index contributed by atoms with van der Waals surface area (Å²) in [6.45, 7) is 1.32. The van der Waals surface area contributed by atoms with Crippen LogP contribution < -0.4 is 15.2 Å². The first-order chi connectivity index (χ1) is 17.5. The summed E-state index contributed by atoms with van der Waals surface area (Å²) in [7, 11) is 1.56. The van der Waals surface area contributed by atoms with Gasteiger partial charge in [-0.2, -0.15) is 13.2 Å². The van der Waals surface area contributed by atoms with Gasteiger partial charge in [-0.1, -0.05) is 17.7 Å². The number of hydrogen-bond donors (Lipinski definition) is 1. The monoisotopic (exact) mass is 534 g/mol. The van der Waals surface area contributed by atoms with E-state index < -0.39 is 34.5 Å². The van der Waals surface area contributed by atoms with E-state index in [-0.39, 0.29) is 27.0 Å². The van der Waals surface area contributed by atoms with E-state index in [9.17, 15) is 27.9 Å². The Morgan fingerprint density at radius 1 is 1.11 bits per heavy atom. The number of piperazine rings is 1. The van der Waals surface area contributed by atoms with Crippen molar-refractivity contribution < 1.29 is 27.5 Å². The molecule has 1 aliphatic rings. The van der Waals surface area contributed by atoms with Gasteiger partial charge in [-0.15, -0.1) is 0 Å². The molecule has 7 nitrogen and oxygen atoms in total. The van der Waals surface area contributed by atoms with Crippen LogP contribution in [-0.4, -0.2) is 46.8 Å². The smallest absolute Gasteiger partial charge is 0.416 e. The molecule has 0 bridgehead atoms. The third kappa shape index (κ3) is 4.22. The molecule has 3 heterocycles. The molecule has 37 heavy (non-hydrogen) atoms. The van der Waals surface area contributed by atoms with Gasteiger partial charge in [0, 0.05) is 50.5 Å². The normalized spacial score (nSPS) is 14.5. The van der Waals surface area contributed by atoms with Crippen molar-refractivity contribution >= 4 is 50.8 Å². The molecule has 0 amide bonds. The van der Waals surface area contributed by atoms with Gasteiger partial charge in [0.25, 0.3) is 0 Å². The lowest BCUT2D eigenvalue weighted by Gasteiger charge is -2.38. The van der Waals surface area contributed by atoms with E-state index in [1.165, 1.54) is 29.1 Å². The van der Waals surface area contributed by atoms with E-state index >= 15 is 4.39 Å². The summed E-state index contributed by atoms with van der Waals surface area (Å²) in [4.78, 5) is 32.4. The van der Waals surface area contributed by atoms with E-state index in [4.69, 9.17) is 11.6 Å². The van der Waals surface area contributed by atoms with Crippen molar-refractivity contribution in [2.75, 3.05) is 36.0 Å². The van der Waals surface area contributed by atoms with Gasteiger partial charge in [-0.3, -0.25) is 9.78 Å². The molecule has 0 atom stereocenters. The van der Waals surface area contributed by atoms with Crippen LogP contribution in [0.3, 0.4) is 0 Å². The van der Waals surface area contributed by atoms with Crippen LogP contribution in [0.1, 0.15) is 15.9 Å². The molecule has 1 aliphatic heterocycles. The topological polar surface area (TPSA) is 78.7 Å². The van der Waals surface area contributed by atoms with Crippen LogP contribution in [0.25, 0.3) is 21.8 Å². The van der Waals surface area contributed by atoms with Gasteiger partial charge < -0.3 is 19.5 Å². The van der Waals surface area contributed by atoms with Crippen LogP contribution in [0.2, 0.25) is 5.02 Å². The Labute approximate surface area is 212 Å². The van der Waals surface area contributed by atoms with Gasteiger partial charge in [-0.05, 0) is 24.3 Å². The van der Waals surface area contributed by atoms with Crippen LogP contribution in [0.5, 0.6) is 0 Å². The molecule has 12 heteroatoms. The molecule has 2 aromatic carbocycles. The molecule has 1 N–H and O–H groups in total. The molecule has 5 rings (SSSR count). The second kappa shape index (κ2) is 8.91. The maximum absolute atomic E-state index is 15.4. The lowest BCUT2D eigenvalue weighted by atomic mass is 10.0. The third-order valence-corrected chi connectivity index (χ3v) is 6.93. The van der Waals surface area contributed by atoms with Gasteiger partial charge in [0.05, 0.1) is 28.4 Å². The Kier molecular flexibility index (Phi) is 5.98. The minimum Gasteiger partial charge on any atom is -0.477 e. The molecule has 0 saturated carbocycles. The summed E-state index contributed by atoms with van der Waals surface area (Å²) in [5, 5.41) is 9.38. The zero-order valence-electron chi connectivity index (χ0n) is 19.3. The number of halogens is 5. The maximum Gasteiger partial charge on any atom is 0.416 e. The highest BCUT2D eigenvalue weighted by Crippen LogP contribution is 2.37. The van der Waals surface area contributed by atoms with Crippen molar-refractivity contribution in [1.29, 1.82) is 0 Å². The van der Waals surface area contributed by atoms with E-state index in [1.54, 1.807) is 22.9 Å². The molecule has 2 aromatic heterocycles. The molecule has 4 aromatic rings. The number of anilines is 2.